The molecular weight excluding hydrogens is 218 g/mol. The lowest BCUT2D eigenvalue weighted by atomic mass is 10.2. The number of furan rings is 1. The minimum Gasteiger partial charge on any atom is -0.459 e. The van der Waals surface area contributed by atoms with Crippen LogP contribution in [0.2, 0.25) is 0 Å². The average Bonchev–Trinajstić information content (AvgIpc) is 2.84. The van der Waals surface area contributed by atoms with Crippen LogP contribution in [0.1, 0.15) is 10.6 Å². The molecule has 17 heavy (non-hydrogen) atoms. The van der Waals surface area contributed by atoms with E-state index in [4.69, 9.17) is 4.42 Å². The molecule has 0 spiro atoms. The van der Waals surface area contributed by atoms with Gasteiger partial charge in [-0.25, -0.2) is 0 Å². The van der Waals surface area contributed by atoms with Crippen LogP contribution < -0.4 is 5.32 Å². The van der Waals surface area contributed by atoms with Gasteiger partial charge in [0.15, 0.2) is 5.76 Å². The maximum absolute atomic E-state index is 12.0. The lowest BCUT2D eigenvalue weighted by Crippen LogP contribution is -2.54. The third-order valence-electron chi connectivity index (χ3n) is 3.21. The molecule has 94 valence electrons. The molecule has 0 bridgehead atoms. The number of rotatable bonds is 3. The molecule has 0 radical (unpaired) electrons. The van der Waals surface area contributed by atoms with Crippen molar-refractivity contribution in [2.24, 2.45) is 0 Å². The molecule has 1 aromatic rings. The highest BCUT2D eigenvalue weighted by molar-refractivity contribution is 5.91. The second-order valence-electron chi connectivity index (χ2n) is 4.50. The largest absolute Gasteiger partial charge is 0.459 e. The number of nitrogens with one attached hydrogen (secondary N) is 1. The summed E-state index contributed by atoms with van der Waals surface area (Å²) < 4.78 is 5.11. The Balaban J connectivity index is 1.92. The van der Waals surface area contributed by atoms with Crippen molar-refractivity contribution < 1.29 is 9.21 Å². The molecule has 2 rings (SSSR count). The van der Waals surface area contributed by atoms with Crippen molar-refractivity contribution in [2.45, 2.75) is 6.04 Å². The van der Waals surface area contributed by atoms with E-state index in [1.807, 2.05) is 7.05 Å². The molecule has 0 aliphatic carbocycles. The number of hydrogen-bond acceptors (Lipinski definition) is 4. The summed E-state index contributed by atoms with van der Waals surface area (Å²) in [5, 5.41) is 3.34. The van der Waals surface area contributed by atoms with Crippen molar-refractivity contribution in [1.29, 1.82) is 0 Å². The molecule has 1 fully saturated rings. The van der Waals surface area contributed by atoms with Crippen LogP contribution in [0.5, 0.6) is 0 Å². The molecule has 1 amide bonds. The molecular formula is C12H19N3O2. The number of hydrogen-bond donors (Lipinski definition) is 1. The highest BCUT2D eigenvalue weighted by atomic mass is 16.3. The van der Waals surface area contributed by atoms with Gasteiger partial charge in [0.05, 0.1) is 6.26 Å². The van der Waals surface area contributed by atoms with E-state index < -0.39 is 0 Å². The maximum Gasteiger partial charge on any atom is 0.289 e. The van der Waals surface area contributed by atoms with E-state index in [-0.39, 0.29) is 5.91 Å². The van der Waals surface area contributed by atoms with Crippen LogP contribution in [0, 0.1) is 0 Å². The van der Waals surface area contributed by atoms with E-state index in [0.29, 0.717) is 18.3 Å². The van der Waals surface area contributed by atoms with Crippen LogP contribution in [0.25, 0.3) is 0 Å². The standard InChI is InChI=1S/C12H19N3O2/c1-14-6-5-13-8-10(14)9-15(2)12(16)11-4-3-7-17-11/h3-4,7,10,13H,5-6,8-9H2,1-2H3. The summed E-state index contributed by atoms with van der Waals surface area (Å²) in [5.74, 6) is 0.341. The Morgan fingerprint density at radius 1 is 1.71 bits per heavy atom. The van der Waals surface area contributed by atoms with Gasteiger partial charge in [-0.05, 0) is 19.2 Å². The average molecular weight is 237 g/mol. The third-order valence-corrected chi connectivity index (χ3v) is 3.21. The van der Waals surface area contributed by atoms with Crippen molar-refractivity contribution in [3.05, 3.63) is 24.2 Å². The Morgan fingerprint density at radius 2 is 2.53 bits per heavy atom. The first-order valence-corrected chi connectivity index (χ1v) is 5.88. The van der Waals surface area contributed by atoms with Gasteiger partial charge in [-0.15, -0.1) is 0 Å². The molecule has 5 nitrogen and oxygen atoms in total. The van der Waals surface area contributed by atoms with E-state index >= 15 is 0 Å². The van der Waals surface area contributed by atoms with Crippen molar-refractivity contribution in [1.82, 2.24) is 15.1 Å². The topological polar surface area (TPSA) is 48.7 Å². The zero-order valence-electron chi connectivity index (χ0n) is 10.3. The number of carbonyl (C=O) groups is 1. The second-order valence-corrected chi connectivity index (χ2v) is 4.50. The number of nitrogens with zero attached hydrogens (tertiary/aromatic N) is 2. The van der Waals surface area contributed by atoms with Crippen LogP contribution in [0.3, 0.4) is 0 Å². The summed E-state index contributed by atoms with van der Waals surface area (Å²) in [6.45, 7) is 3.67. The van der Waals surface area contributed by atoms with E-state index in [9.17, 15) is 4.79 Å². The first-order valence-electron chi connectivity index (χ1n) is 5.88. The Kier molecular flexibility index (Phi) is 3.81. The van der Waals surface area contributed by atoms with Gasteiger partial charge in [-0.3, -0.25) is 9.69 Å². The van der Waals surface area contributed by atoms with Gasteiger partial charge in [0.2, 0.25) is 0 Å². The molecule has 0 aromatic carbocycles. The fourth-order valence-corrected chi connectivity index (χ4v) is 2.05. The number of likely N-dealkylation sites (N-methyl/N-ethyl adjacent to an activating group) is 2. The smallest absolute Gasteiger partial charge is 0.289 e. The molecule has 1 N–H and O–H groups in total. The molecule has 2 heterocycles. The maximum atomic E-state index is 12.0. The Hall–Kier alpha value is -1.33. The first kappa shape index (κ1) is 12.1. The van der Waals surface area contributed by atoms with Gasteiger partial charge in [-0.2, -0.15) is 0 Å². The molecule has 5 heteroatoms. The highest BCUT2D eigenvalue weighted by Gasteiger charge is 2.23. The fourth-order valence-electron chi connectivity index (χ4n) is 2.05. The fraction of sp³-hybridized carbons (Fsp3) is 0.583. The Labute approximate surface area is 101 Å². The summed E-state index contributed by atoms with van der Waals surface area (Å²) >= 11 is 0. The first-order chi connectivity index (χ1) is 8.18. The van der Waals surface area contributed by atoms with E-state index in [1.54, 1.807) is 17.0 Å². The molecule has 1 saturated heterocycles. The Bertz CT molecular complexity index is 364. The highest BCUT2D eigenvalue weighted by Crippen LogP contribution is 2.07. The van der Waals surface area contributed by atoms with Gasteiger partial charge in [0, 0.05) is 39.3 Å². The third kappa shape index (κ3) is 2.87. The van der Waals surface area contributed by atoms with Gasteiger partial charge in [0.25, 0.3) is 5.91 Å². The quantitative estimate of drug-likeness (QED) is 0.819. The summed E-state index contributed by atoms with van der Waals surface area (Å²) in [5.41, 5.74) is 0. The predicted molar refractivity (Wildman–Crippen MR) is 65.0 cm³/mol. The van der Waals surface area contributed by atoms with Gasteiger partial charge in [0.1, 0.15) is 0 Å². The number of piperazine rings is 1. The summed E-state index contributed by atoms with van der Waals surface area (Å²) in [4.78, 5) is 16.0. The number of carbonyl (C=O) groups excluding carboxylic acids is 1. The van der Waals surface area contributed by atoms with Crippen molar-refractivity contribution in [3.8, 4) is 0 Å². The molecule has 1 aromatic heterocycles. The SMILES string of the molecule is CN(CC1CNCCN1C)C(=O)c1ccco1. The van der Waals surface area contributed by atoms with Crippen molar-refractivity contribution >= 4 is 5.91 Å². The predicted octanol–water partition coefficient (Wildman–Crippen LogP) is 0.255. The molecule has 1 atom stereocenters. The summed E-state index contributed by atoms with van der Waals surface area (Å²) in [6, 6.07) is 3.80. The summed E-state index contributed by atoms with van der Waals surface area (Å²) in [7, 11) is 3.91. The van der Waals surface area contributed by atoms with Gasteiger partial charge >= 0.3 is 0 Å². The molecule has 1 unspecified atom stereocenters. The Morgan fingerprint density at radius 3 is 3.18 bits per heavy atom. The summed E-state index contributed by atoms with van der Waals surface area (Å²) in [6.07, 6.45) is 1.52. The van der Waals surface area contributed by atoms with E-state index in [1.165, 1.54) is 6.26 Å². The van der Waals surface area contributed by atoms with Crippen LogP contribution >= 0.6 is 0 Å². The molecule has 1 aliphatic rings. The lowest BCUT2D eigenvalue weighted by molar-refractivity contribution is 0.0698. The zero-order chi connectivity index (χ0) is 12.3. The zero-order valence-corrected chi connectivity index (χ0v) is 10.3. The van der Waals surface area contributed by atoms with E-state index in [0.717, 1.165) is 19.6 Å². The molecule has 0 saturated carbocycles. The van der Waals surface area contributed by atoms with Crippen LogP contribution in [0.15, 0.2) is 22.8 Å². The van der Waals surface area contributed by atoms with E-state index in [2.05, 4.69) is 17.3 Å². The van der Waals surface area contributed by atoms with Crippen LogP contribution in [-0.4, -0.2) is 62.0 Å². The monoisotopic (exact) mass is 237 g/mol. The van der Waals surface area contributed by atoms with Crippen molar-refractivity contribution in [2.75, 3.05) is 40.3 Å². The van der Waals surface area contributed by atoms with Crippen molar-refractivity contribution in [3.63, 3.8) is 0 Å². The molecule has 1 aliphatic heterocycles. The normalized spacial score (nSPS) is 21.4. The number of amides is 1. The minimum atomic E-state index is -0.0611. The van der Waals surface area contributed by atoms with Crippen LogP contribution in [0.4, 0.5) is 0 Å². The van der Waals surface area contributed by atoms with Crippen LogP contribution in [-0.2, 0) is 0 Å². The second kappa shape index (κ2) is 5.33. The lowest BCUT2D eigenvalue weighted by Gasteiger charge is -2.35. The minimum absolute atomic E-state index is 0.0611. The van der Waals surface area contributed by atoms with Gasteiger partial charge < -0.3 is 14.6 Å². The van der Waals surface area contributed by atoms with Gasteiger partial charge in [-0.1, -0.05) is 0 Å².